The summed E-state index contributed by atoms with van der Waals surface area (Å²) in [5.74, 6) is 0. The highest BCUT2D eigenvalue weighted by molar-refractivity contribution is 7.16. The molecule has 1 aromatic heterocycles. The van der Waals surface area contributed by atoms with Gasteiger partial charge in [0, 0.05) is 10.9 Å². The summed E-state index contributed by atoms with van der Waals surface area (Å²) in [4.78, 5) is 1.34. The van der Waals surface area contributed by atoms with E-state index in [0.29, 0.717) is 6.04 Å². The minimum absolute atomic E-state index is 0.212. The molecule has 2 atom stereocenters. The minimum atomic E-state index is -0.212. The predicted octanol–water partition coefficient (Wildman–Crippen LogP) is 3.08. The van der Waals surface area contributed by atoms with Gasteiger partial charge in [-0.25, -0.2) is 0 Å². The van der Waals surface area contributed by atoms with Gasteiger partial charge in [-0.3, -0.25) is 0 Å². The topological polar surface area (TPSA) is 32.3 Å². The predicted molar refractivity (Wildman–Crippen MR) is 71.4 cm³/mol. The summed E-state index contributed by atoms with van der Waals surface area (Å²) in [5.41, 5.74) is 0. The highest BCUT2D eigenvalue weighted by Gasteiger charge is 2.04. The fourth-order valence-electron chi connectivity index (χ4n) is 1.49. The van der Waals surface area contributed by atoms with Crippen LogP contribution in [0.1, 0.15) is 31.6 Å². The van der Waals surface area contributed by atoms with Crippen molar-refractivity contribution in [3.63, 3.8) is 0 Å². The lowest BCUT2D eigenvalue weighted by atomic mass is 10.1. The molecule has 0 aromatic carbocycles. The Morgan fingerprint density at radius 1 is 1.38 bits per heavy atom. The molecule has 2 nitrogen and oxygen atoms in total. The molecule has 0 radical (unpaired) electrons. The monoisotopic (exact) mass is 261 g/mol. The maximum Gasteiger partial charge on any atom is 0.0931 e. The van der Waals surface area contributed by atoms with E-state index in [0.717, 1.165) is 30.1 Å². The van der Waals surface area contributed by atoms with Gasteiger partial charge in [-0.2, -0.15) is 0 Å². The summed E-state index contributed by atoms with van der Waals surface area (Å²) in [6.45, 7) is 4.88. The second kappa shape index (κ2) is 7.28. The Kier molecular flexibility index (Phi) is 6.36. The van der Waals surface area contributed by atoms with Crippen molar-refractivity contribution in [2.24, 2.45) is 0 Å². The van der Waals surface area contributed by atoms with Crippen LogP contribution >= 0.6 is 22.9 Å². The van der Waals surface area contributed by atoms with Gasteiger partial charge in [-0.15, -0.1) is 11.3 Å². The van der Waals surface area contributed by atoms with E-state index in [9.17, 15) is 0 Å². The van der Waals surface area contributed by atoms with Crippen molar-refractivity contribution in [1.82, 2.24) is 5.32 Å². The maximum atomic E-state index is 9.12. The summed E-state index contributed by atoms with van der Waals surface area (Å²) in [6.07, 6.45) is 2.78. The average Bonchev–Trinajstić information content (AvgIpc) is 2.61. The largest absolute Gasteiger partial charge is 0.393 e. The van der Waals surface area contributed by atoms with Crippen molar-refractivity contribution < 1.29 is 5.11 Å². The number of thiophene rings is 1. The smallest absolute Gasteiger partial charge is 0.0931 e. The van der Waals surface area contributed by atoms with E-state index in [-0.39, 0.29) is 6.10 Å². The van der Waals surface area contributed by atoms with Gasteiger partial charge in [-0.05, 0) is 51.8 Å². The van der Waals surface area contributed by atoms with Crippen LogP contribution in [-0.4, -0.2) is 23.8 Å². The summed E-state index contributed by atoms with van der Waals surface area (Å²) in [6, 6.07) is 4.53. The Labute approximate surface area is 107 Å². The second-order valence-electron chi connectivity index (χ2n) is 4.24. The number of nitrogens with one attached hydrogen (secondary N) is 1. The quantitative estimate of drug-likeness (QED) is 0.791. The van der Waals surface area contributed by atoms with Crippen molar-refractivity contribution in [3.8, 4) is 0 Å². The lowest BCUT2D eigenvalue weighted by Gasteiger charge is -2.13. The molecular formula is C12H20ClNOS. The number of aliphatic hydroxyl groups is 1. The molecule has 0 spiro atoms. The van der Waals surface area contributed by atoms with Gasteiger partial charge in [0.1, 0.15) is 0 Å². The molecule has 2 unspecified atom stereocenters. The van der Waals surface area contributed by atoms with Crippen LogP contribution in [0.5, 0.6) is 0 Å². The molecule has 1 heterocycles. The van der Waals surface area contributed by atoms with E-state index in [1.165, 1.54) is 4.88 Å². The number of halogens is 1. The third-order valence-corrected chi connectivity index (χ3v) is 3.80. The number of aryl methyl sites for hydroxylation is 1. The van der Waals surface area contributed by atoms with Gasteiger partial charge in [0.25, 0.3) is 0 Å². The molecule has 4 heteroatoms. The van der Waals surface area contributed by atoms with Crippen LogP contribution in [-0.2, 0) is 6.42 Å². The Balaban J connectivity index is 2.12. The third kappa shape index (κ3) is 5.85. The molecule has 0 aliphatic carbocycles. The van der Waals surface area contributed by atoms with Crippen LogP contribution < -0.4 is 5.32 Å². The van der Waals surface area contributed by atoms with Gasteiger partial charge in [0.05, 0.1) is 10.4 Å². The molecule has 0 aliphatic rings. The number of hydrogen-bond acceptors (Lipinski definition) is 3. The summed E-state index contributed by atoms with van der Waals surface area (Å²) in [5, 5.41) is 12.5. The summed E-state index contributed by atoms with van der Waals surface area (Å²) < 4.78 is 0.865. The molecule has 1 rings (SSSR count). The maximum absolute atomic E-state index is 9.12. The van der Waals surface area contributed by atoms with Crippen LogP contribution in [0.4, 0.5) is 0 Å². The molecule has 0 aliphatic heterocycles. The van der Waals surface area contributed by atoms with E-state index < -0.39 is 0 Å². The van der Waals surface area contributed by atoms with E-state index >= 15 is 0 Å². The normalized spacial score (nSPS) is 15.0. The van der Waals surface area contributed by atoms with E-state index in [1.54, 1.807) is 11.3 Å². The number of hydrogen-bond donors (Lipinski definition) is 2. The molecule has 0 saturated carbocycles. The van der Waals surface area contributed by atoms with E-state index in [1.807, 2.05) is 13.0 Å². The highest BCUT2D eigenvalue weighted by atomic mass is 35.5. The molecule has 2 N–H and O–H groups in total. The lowest BCUT2D eigenvalue weighted by Crippen LogP contribution is -2.29. The van der Waals surface area contributed by atoms with Gasteiger partial charge in [0.2, 0.25) is 0 Å². The molecule has 16 heavy (non-hydrogen) atoms. The van der Waals surface area contributed by atoms with Gasteiger partial charge in [0.15, 0.2) is 0 Å². The lowest BCUT2D eigenvalue weighted by molar-refractivity contribution is 0.182. The zero-order valence-corrected chi connectivity index (χ0v) is 11.4. The van der Waals surface area contributed by atoms with Crippen LogP contribution in [0.2, 0.25) is 4.34 Å². The molecule has 0 saturated heterocycles. The first-order valence-electron chi connectivity index (χ1n) is 5.73. The zero-order valence-electron chi connectivity index (χ0n) is 9.87. The minimum Gasteiger partial charge on any atom is -0.393 e. The fourth-order valence-corrected chi connectivity index (χ4v) is 2.59. The highest BCUT2D eigenvalue weighted by Crippen LogP contribution is 2.22. The van der Waals surface area contributed by atoms with Crippen LogP contribution in [0.15, 0.2) is 12.1 Å². The Bertz CT molecular complexity index is 301. The van der Waals surface area contributed by atoms with Crippen molar-refractivity contribution in [3.05, 3.63) is 21.3 Å². The Morgan fingerprint density at radius 3 is 2.69 bits per heavy atom. The van der Waals surface area contributed by atoms with E-state index in [2.05, 4.69) is 18.3 Å². The van der Waals surface area contributed by atoms with Crippen molar-refractivity contribution in [1.29, 1.82) is 0 Å². The first-order chi connectivity index (χ1) is 7.58. The Hall–Kier alpha value is -0.0900. The van der Waals surface area contributed by atoms with Crippen LogP contribution in [0, 0.1) is 0 Å². The number of aliphatic hydroxyl groups excluding tert-OH is 1. The molecule has 0 amide bonds. The molecule has 0 bridgehead atoms. The van der Waals surface area contributed by atoms with Gasteiger partial charge < -0.3 is 10.4 Å². The number of rotatable bonds is 7. The van der Waals surface area contributed by atoms with Gasteiger partial charge >= 0.3 is 0 Å². The first kappa shape index (κ1) is 14.0. The summed E-state index contributed by atoms with van der Waals surface area (Å²) >= 11 is 7.53. The SMILES string of the molecule is CC(O)CCNC(C)CCc1ccc(Cl)s1. The standard InChI is InChI=1S/C12H20ClNOS/c1-9(14-8-7-10(2)15)3-4-11-5-6-12(13)16-11/h5-6,9-10,14-15H,3-4,7-8H2,1-2H3. The average molecular weight is 262 g/mol. The van der Waals surface area contributed by atoms with Gasteiger partial charge in [-0.1, -0.05) is 11.6 Å². The Morgan fingerprint density at radius 2 is 2.12 bits per heavy atom. The van der Waals surface area contributed by atoms with Crippen molar-refractivity contribution >= 4 is 22.9 Å². The second-order valence-corrected chi connectivity index (χ2v) is 6.04. The van der Waals surface area contributed by atoms with Crippen molar-refractivity contribution in [2.45, 2.75) is 45.3 Å². The fraction of sp³-hybridized carbons (Fsp3) is 0.667. The van der Waals surface area contributed by atoms with Crippen molar-refractivity contribution in [2.75, 3.05) is 6.54 Å². The molecule has 92 valence electrons. The first-order valence-corrected chi connectivity index (χ1v) is 6.93. The molecular weight excluding hydrogens is 242 g/mol. The van der Waals surface area contributed by atoms with Crippen LogP contribution in [0.3, 0.4) is 0 Å². The van der Waals surface area contributed by atoms with Crippen LogP contribution in [0.25, 0.3) is 0 Å². The summed E-state index contributed by atoms with van der Waals surface area (Å²) in [7, 11) is 0. The zero-order chi connectivity index (χ0) is 12.0. The van der Waals surface area contributed by atoms with E-state index in [4.69, 9.17) is 16.7 Å². The molecule has 0 fully saturated rings. The third-order valence-electron chi connectivity index (χ3n) is 2.51. The molecule has 1 aromatic rings.